The Labute approximate surface area is 202 Å². The predicted octanol–water partition coefficient (Wildman–Crippen LogP) is 4.62. The van der Waals surface area contributed by atoms with Gasteiger partial charge in [0.2, 0.25) is 5.91 Å². The maximum atomic E-state index is 13.6. The van der Waals surface area contributed by atoms with Crippen LogP contribution in [0.2, 0.25) is 0 Å². The summed E-state index contributed by atoms with van der Waals surface area (Å²) in [6.45, 7) is 9.19. The third-order valence-electron chi connectivity index (χ3n) is 6.92. The first-order valence-electron chi connectivity index (χ1n) is 12.6. The van der Waals surface area contributed by atoms with Crippen LogP contribution in [0.15, 0.2) is 59.4 Å². The lowest BCUT2D eigenvalue weighted by molar-refractivity contribution is -0.136. The third kappa shape index (κ3) is 5.07. The molecule has 6 nitrogen and oxygen atoms in total. The summed E-state index contributed by atoms with van der Waals surface area (Å²) in [5.41, 5.74) is 1.83. The highest BCUT2D eigenvalue weighted by Crippen LogP contribution is 2.27. The second-order valence-electron chi connectivity index (χ2n) is 9.32. The van der Waals surface area contributed by atoms with Crippen LogP contribution in [0.5, 0.6) is 0 Å². The molecule has 1 saturated heterocycles. The zero-order chi connectivity index (χ0) is 24.1. The maximum absolute atomic E-state index is 13.6. The van der Waals surface area contributed by atoms with Gasteiger partial charge in [0.05, 0.1) is 23.5 Å². The van der Waals surface area contributed by atoms with Gasteiger partial charge in [0.25, 0.3) is 5.56 Å². The highest BCUT2D eigenvalue weighted by Gasteiger charge is 2.32. The predicted molar refractivity (Wildman–Crippen MR) is 137 cm³/mol. The zero-order valence-corrected chi connectivity index (χ0v) is 20.6. The van der Waals surface area contributed by atoms with Gasteiger partial charge in [0.15, 0.2) is 0 Å². The van der Waals surface area contributed by atoms with E-state index in [2.05, 4.69) is 37.8 Å². The van der Waals surface area contributed by atoms with E-state index in [9.17, 15) is 9.59 Å². The second-order valence-corrected chi connectivity index (χ2v) is 9.32. The van der Waals surface area contributed by atoms with E-state index in [-0.39, 0.29) is 23.6 Å². The van der Waals surface area contributed by atoms with Crippen LogP contribution in [-0.2, 0) is 11.3 Å². The highest BCUT2D eigenvalue weighted by atomic mass is 16.2. The number of fused-ring (bicyclic) bond motifs is 1. The monoisotopic (exact) mass is 460 g/mol. The van der Waals surface area contributed by atoms with E-state index in [1.54, 1.807) is 0 Å². The molecular formula is C28H36N4O2. The number of hydrogen-bond acceptors (Lipinski definition) is 4. The number of piperazine rings is 1. The molecule has 6 heteroatoms. The summed E-state index contributed by atoms with van der Waals surface area (Å²) in [6.07, 6.45) is 3.44. The lowest BCUT2D eigenvalue weighted by Crippen LogP contribution is -2.55. The van der Waals surface area contributed by atoms with Crippen LogP contribution in [0.1, 0.15) is 63.9 Å². The molecule has 0 saturated carbocycles. The van der Waals surface area contributed by atoms with Crippen molar-refractivity contribution in [3.63, 3.8) is 0 Å². The smallest absolute Gasteiger partial charge is 0.261 e. The fourth-order valence-electron chi connectivity index (χ4n) is 5.07. The Morgan fingerprint density at radius 3 is 2.50 bits per heavy atom. The highest BCUT2D eigenvalue weighted by molar-refractivity contribution is 5.77. The van der Waals surface area contributed by atoms with Gasteiger partial charge in [-0.1, -0.05) is 62.7 Å². The van der Waals surface area contributed by atoms with Gasteiger partial charge in [-0.15, -0.1) is 0 Å². The molecule has 1 aliphatic heterocycles. The van der Waals surface area contributed by atoms with E-state index in [0.29, 0.717) is 18.4 Å². The van der Waals surface area contributed by atoms with Crippen molar-refractivity contribution in [3.8, 4) is 0 Å². The van der Waals surface area contributed by atoms with Crippen molar-refractivity contribution in [3.05, 3.63) is 76.3 Å². The Bertz CT molecular complexity index is 1170. The number of rotatable bonds is 8. The molecule has 180 valence electrons. The number of nitrogens with zero attached hydrogens (tertiary/aromatic N) is 4. The summed E-state index contributed by atoms with van der Waals surface area (Å²) < 4.78 is 1.86. The minimum atomic E-state index is 0.00401. The molecule has 0 N–H and O–H groups in total. The Hall–Kier alpha value is -2.99. The maximum Gasteiger partial charge on any atom is 0.261 e. The van der Waals surface area contributed by atoms with E-state index in [1.807, 2.05) is 51.9 Å². The molecule has 2 unspecified atom stereocenters. The van der Waals surface area contributed by atoms with Crippen LogP contribution >= 0.6 is 0 Å². The molecule has 4 rings (SSSR count). The molecule has 2 heterocycles. The largest absolute Gasteiger partial charge is 0.337 e. The Morgan fingerprint density at radius 2 is 1.79 bits per heavy atom. The summed E-state index contributed by atoms with van der Waals surface area (Å²) in [7, 11) is 0. The SMILES string of the molecule is CCCCC(=O)N1CCN(C(CC)c2nc3ccccc3c(=O)n2Cc2ccccc2)CC1C. The molecule has 1 amide bonds. The first-order chi connectivity index (χ1) is 16.5. The van der Waals surface area contributed by atoms with Crippen molar-refractivity contribution in [1.29, 1.82) is 0 Å². The summed E-state index contributed by atoms with van der Waals surface area (Å²) in [5.74, 6) is 1.07. The van der Waals surface area contributed by atoms with Crippen molar-refractivity contribution in [2.75, 3.05) is 19.6 Å². The third-order valence-corrected chi connectivity index (χ3v) is 6.92. The number of aromatic nitrogens is 2. The molecule has 0 aliphatic carbocycles. The molecular weight excluding hydrogens is 424 g/mol. The quantitative estimate of drug-likeness (QED) is 0.492. The number of amides is 1. The molecule has 3 aromatic rings. The summed E-state index contributed by atoms with van der Waals surface area (Å²) in [6, 6.07) is 17.9. The van der Waals surface area contributed by atoms with Crippen LogP contribution in [0.25, 0.3) is 10.9 Å². The molecule has 0 spiro atoms. The molecule has 1 fully saturated rings. The average Bonchev–Trinajstić information content (AvgIpc) is 2.86. The molecule has 34 heavy (non-hydrogen) atoms. The fraction of sp³-hybridized carbons (Fsp3) is 0.464. The van der Waals surface area contributed by atoms with Gasteiger partial charge in [0.1, 0.15) is 5.82 Å². The molecule has 1 aliphatic rings. The van der Waals surface area contributed by atoms with E-state index in [0.717, 1.165) is 55.8 Å². The average molecular weight is 461 g/mol. The number of carbonyl (C=O) groups excluding carboxylic acids is 1. The van der Waals surface area contributed by atoms with Gasteiger partial charge in [-0.3, -0.25) is 19.1 Å². The number of carbonyl (C=O) groups is 1. The van der Waals surface area contributed by atoms with Gasteiger partial charge in [-0.25, -0.2) is 4.98 Å². The second kappa shape index (κ2) is 11.0. The standard InChI is InChI=1S/C28H36N4O2/c1-4-6-16-26(33)31-18-17-30(19-21(31)3)25(5-2)27-29-24-15-11-10-14-23(24)28(34)32(27)20-22-12-8-7-9-13-22/h7-15,21,25H,4-6,16-20H2,1-3H3. The molecule has 0 radical (unpaired) electrons. The minimum absolute atomic E-state index is 0.00401. The number of unbranched alkanes of at least 4 members (excludes halogenated alkanes) is 1. The summed E-state index contributed by atoms with van der Waals surface area (Å²) in [4.78, 5) is 35.8. The van der Waals surface area contributed by atoms with Gasteiger partial charge < -0.3 is 4.90 Å². The zero-order valence-electron chi connectivity index (χ0n) is 20.6. The van der Waals surface area contributed by atoms with Crippen LogP contribution < -0.4 is 5.56 Å². The Balaban J connectivity index is 1.68. The first-order valence-corrected chi connectivity index (χ1v) is 12.6. The van der Waals surface area contributed by atoms with Gasteiger partial charge in [0, 0.05) is 32.1 Å². The van der Waals surface area contributed by atoms with E-state index in [1.165, 1.54) is 0 Å². The normalized spacial score (nSPS) is 17.7. The molecule has 1 aromatic heterocycles. The van der Waals surface area contributed by atoms with E-state index >= 15 is 0 Å². The van der Waals surface area contributed by atoms with Crippen LogP contribution in [-0.4, -0.2) is 50.9 Å². The van der Waals surface area contributed by atoms with Gasteiger partial charge in [-0.05, 0) is 37.5 Å². The molecule has 2 aromatic carbocycles. The Morgan fingerprint density at radius 1 is 1.06 bits per heavy atom. The topological polar surface area (TPSA) is 58.4 Å². The van der Waals surface area contributed by atoms with Crippen LogP contribution in [0.4, 0.5) is 0 Å². The first kappa shape index (κ1) is 24.1. The van der Waals surface area contributed by atoms with Crippen LogP contribution in [0.3, 0.4) is 0 Å². The van der Waals surface area contributed by atoms with Crippen molar-refractivity contribution < 1.29 is 4.79 Å². The van der Waals surface area contributed by atoms with E-state index in [4.69, 9.17) is 4.98 Å². The van der Waals surface area contributed by atoms with Gasteiger partial charge in [-0.2, -0.15) is 0 Å². The number of para-hydroxylation sites is 1. The number of hydrogen-bond donors (Lipinski definition) is 0. The van der Waals surface area contributed by atoms with Crippen molar-refractivity contribution >= 4 is 16.8 Å². The lowest BCUT2D eigenvalue weighted by atomic mass is 10.1. The van der Waals surface area contributed by atoms with Gasteiger partial charge >= 0.3 is 0 Å². The van der Waals surface area contributed by atoms with E-state index < -0.39 is 0 Å². The molecule has 0 bridgehead atoms. The minimum Gasteiger partial charge on any atom is -0.337 e. The van der Waals surface area contributed by atoms with Crippen molar-refractivity contribution in [2.24, 2.45) is 0 Å². The van der Waals surface area contributed by atoms with Crippen LogP contribution in [0, 0.1) is 0 Å². The van der Waals surface area contributed by atoms with Crippen molar-refractivity contribution in [1.82, 2.24) is 19.4 Å². The number of benzene rings is 2. The Kier molecular flexibility index (Phi) is 7.78. The lowest BCUT2D eigenvalue weighted by Gasteiger charge is -2.43. The fourth-order valence-corrected chi connectivity index (χ4v) is 5.07. The summed E-state index contributed by atoms with van der Waals surface area (Å²) in [5, 5.41) is 0.650. The summed E-state index contributed by atoms with van der Waals surface area (Å²) >= 11 is 0. The van der Waals surface area contributed by atoms with Crippen molar-refractivity contribution in [2.45, 2.75) is 65.1 Å². The molecule has 2 atom stereocenters.